The summed E-state index contributed by atoms with van der Waals surface area (Å²) in [4.78, 5) is 26.9. The molecule has 0 aliphatic carbocycles. The number of benzene rings is 1. The summed E-state index contributed by atoms with van der Waals surface area (Å²) in [7, 11) is 0. The van der Waals surface area contributed by atoms with Crippen molar-refractivity contribution in [1.82, 2.24) is 10.2 Å². The molecule has 1 rings (SSSR count). The van der Waals surface area contributed by atoms with Crippen molar-refractivity contribution in [3.63, 3.8) is 0 Å². The van der Waals surface area contributed by atoms with Gasteiger partial charge in [-0.2, -0.15) is 0 Å². The number of amides is 2. The molecule has 2 amide bonds. The molecule has 1 aromatic rings. The molecule has 0 fully saturated rings. The molecule has 0 saturated heterocycles. The largest absolute Gasteiger partial charge is 0.354 e. The van der Waals surface area contributed by atoms with Crippen molar-refractivity contribution in [3.05, 3.63) is 33.8 Å². The molecule has 0 radical (unpaired) electrons. The lowest BCUT2D eigenvalue weighted by Crippen LogP contribution is -2.49. The van der Waals surface area contributed by atoms with Gasteiger partial charge in [-0.25, -0.2) is 0 Å². The molecule has 0 spiro atoms. The van der Waals surface area contributed by atoms with Crippen LogP contribution < -0.4 is 5.32 Å². The number of hydrogen-bond acceptors (Lipinski definition) is 2. The van der Waals surface area contributed by atoms with E-state index in [2.05, 4.69) is 12.2 Å². The van der Waals surface area contributed by atoms with Gasteiger partial charge in [0.1, 0.15) is 6.04 Å². The third-order valence-electron chi connectivity index (χ3n) is 4.07. The number of carbonyl (C=O) groups is 2. The topological polar surface area (TPSA) is 49.4 Å². The Morgan fingerprint density at radius 1 is 1.12 bits per heavy atom. The molecule has 0 bridgehead atoms. The number of nitrogens with one attached hydrogen (secondary N) is 1. The number of nitrogens with zero attached hydrogens (tertiary/aromatic N) is 1. The van der Waals surface area contributed by atoms with Crippen molar-refractivity contribution < 1.29 is 9.59 Å². The first-order chi connectivity index (χ1) is 12.0. The van der Waals surface area contributed by atoms with Crippen molar-refractivity contribution in [1.29, 1.82) is 0 Å². The van der Waals surface area contributed by atoms with Crippen LogP contribution in [0.2, 0.25) is 10.0 Å². The third kappa shape index (κ3) is 6.52. The van der Waals surface area contributed by atoms with E-state index in [1.165, 1.54) is 0 Å². The second-order valence-electron chi connectivity index (χ2n) is 6.04. The van der Waals surface area contributed by atoms with Crippen LogP contribution in [0.25, 0.3) is 0 Å². The van der Waals surface area contributed by atoms with E-state index >= 15 is 0 Å². The molecule has 140 valence electrons. The number of halogens is 2. The molecule has 1 unspecified atom stereocenters. The summed E-state index contributed by atoms with van der Waals surface area (Å²) in [6, 6.07) is 4.73. The Morgan fingerprint density at radius 2 is 1.76 bits per heavy atom. The first-order valence-corrected chi connectivity index (χ1v) is 9.71. The van der Waals surface area contributed by atoms with Gasteiger partial charge < -0.3 is 10.2 Å². The molecule has 1 aromatic carbocycles. The molecule has 6 heteroatoms. The van der Waals surface area contributed by atoms with E-state index in [4.69, 9.17) is 23.2 Å². The maximum absolute atomic E-state index is 12.7. The van der Waals surface area contributed by atoms with Gasteiger partial charge in [0, 0.05) is 35.1 Å². The van der Waals surface area contributed by atoms with E-state index in [0.717, 1.165) is 19.3 Å². The molecule has 25 heavy (non-hydrogen) atoms. The minimum absolute atomic E-state index is 0.0593. The zero-order valence-electron chi connectivity index (χ0n) is 15.3. The maximum Gasteiger partial charge on any atom is 0.242 e. The van der Waals surface area contributed by atoms with Crippen molar-refractivity contribution in [2.24, 2.45) is 0 Å². The van der Waals surface area contributed by atoms with Crippen molar-refractivity contribution in [2.75, 3.05) is 6.54 Å². The summed E-state index contributed by atoms with van der Waals surface area (Å²) >= 11 is 12.5. The van der Waals surface area contributed by atoms with Crippen LogP contribution in [0, 0.1) is 0 Å². The molecular weight excluding hydrogens is 359 g/mol. The van der Waals surface area contributed by atoms with Gasteiger partial charge >= 0.3 is 0 Å². The standard InChI is InChI=1S/C19H28Cl2N2O2/c1-4-7-12-22-19(25)17(6-3)23(18(24)9-5-2)13-14-15(20)10-8-11-16(14)21/h8,10-11,17H,4-7,9,12-13H2,1-3H3,(H,22,25). The van der Waals surface area contributed by atoms with Crippen LogP contribution in [0.5, 0.6) is 0 Å². The first kappa shape index (κ1) is 21.8. The molecule has 0 aliphatic heterocycles. The number of carbonyl (C=O) groups excluding carboxylic acids is 2. The normalized spacial score (nSPS) is 11.9. The SMILES string of the molecule is CCCCNC(=O)C(CC)N(Cc1c(Cl)cccc1Cl)C(=O)CCC. The fourth-order valence-electron chi connectivity index (χ4n) is 2.64. The second-order valence-corrected chi connectivity index (χ2v) is 6.85. The average Bonchev–Trinajstić information content (AvgIpc) is 2.57. The first-order valence-electron chi connectivity index (χ1n) is 8.96. The highest BCUT2D eigenvalue weighted by Crippen LogP contribution is 2.27. The van der Waals surface area contributed by atoms with Gasteiger partial charge in [-0.15, -0.1) is 0 Å². The predicted molar refractivity (Wildman–Crippen MR) is 104 cm³/mol. The number of hydrogen-bond donors (Lipinski definition) is 1. The van der Waals surface area contributed by atoms with Crippen LogP contribution in [0.15, 0.2) is 18.2 Å². The van der Waals surface area contributed by atoms with Crippen LogP contribution >= 0.6 is 23.2 Å². The monoisotopic (exact) mass is 386 g/mol. The lowest BCUT2D eigenvalue weighted by molar-refractivity contribution is -0.141. The Hall–Kier alpha value is -1.26. The van der Waals surface area contributed by atoms with Gasteiger partial charge in [-0.1, -0.05) is 56.5 Å². The summed E-state index contributed by atoms with van der Waals surface area (Å²) in [6.45, 7) is 6.77. The predicted octanol–water partition coefficient (Wildman–Crippen LogP) is 4.82. The summed E-state index contributed by atoms with van der Waals surface area (Å²) in [5.41, 5.74) is 0.676. The minimum Gasteiger partial charge on any atom is -0.354 e. The fraction of sp³-hybridized carbons (Fsp3) is 0.579. The Kier molecular flexibility index (Phi) is 9.91. The lowest BCUT2D eigenvalue weighted by Gasteiger charge is -2.31. The Morgan fingerprint density at radius 3 is 2.28 bits per heavy atom. The quantitative estimate of drug-likeness (QED) is 0.586. The summed E-state index contributed by atoms with van der Waals surface area (Å²) in [5, 5.41) is 3.93. The lowest BCUT2D eigenvalue weighted by atomic mass is 10.1. The van der Waals surface area contributed by atoms with Gasteiger partial charge in [-0.05, 0) is 31.4 Å². The molecule has 1 N–H and O–H groups in total. The Balaban J connectivity index is 3.05. The van der Waals surface area contributed by atoms with Crippen LogP contribution in [-0.2, 0) is 16.1 Å². The Bertz CT molecular complexity index is 558. The Labute approximate surface area is 160 Å². The second kappa shape index (κ2) is 11.4. The molecule has 0 saturated carbocycles. The van der Waals surface area contributed by atoms with E-state index in [-0.39, 0.29) is 18.4 Å². The van der Waals surface area contributed by atoms with Gasteiger partial charge in [0.2, 0.25) is 11.8 Å². The van der Waals surface area contributed by atoms with E-state index < -0.39 is 6.04 Å². The van der Waals surface area contributed by atoms with Gasteiger partial charge in [0.15, 0.2) is 0 Å². The molecule has 0 heterocycles. The average molecular weight is 387 g/mol. The highest BCUT2D eigenvalue weighted by molar-refractivity contribution is 6.36. The highest BCUT2D eigenvalue weighted by Gasteiger charge is 2.28. The minimum atomic E-state index is -0.525. The molecular formula is C19H28Cl2N2O2. The van der Waals surface area contributed by atoms with Crippen molar-refractivity contribution in [3.8, 4) is 0 Å². The van der Waals surface area contributed by atoms with Gasteiger partial charge in [0.05, 0.1) is 0 Å². The summed E-state index contributed by atoms with van der Waals surface area (Å²) in [5.74, 6) is -0.181. The van der Waals surface area contributed by atoms with Crippen LogP contribution in [0.4, 0.5) is 0 Å². The van der Waals surface area contributed by atoms with E-state index in [1.54, 1.807) is 23.1 Å². The van der Waals surface area contributed by atoms with Crippen molar-refractivity contribution >= 4 is 35.0 Å². The summed E-state index contributed by atoms with van der Waals surface area (Å²) in [6.07, 6.45) is 3.57. The zero-order valence-corrected chi connectivity index (χ0v) is 16.8. The molecule has 1 atom stereocenters. The van der Waals surface area contributed by atoms with E-state index in [9.17, 15) is 9.59 Å². The fourth-order valence-corrected chi connectivity index (χ4v) is 3.15. The molecule has 4 nitrogen and oxygen atoms in total. The number of rotatable bonds is 10. The zero-order chi connectivity index (χ0) is 18.8. The smallest absolute Gasteiger partial charge is 0.242 e. The molecule has 0 aliphatic rings. The van der Waals surface area contributed by atoms with Crippen LogP contribution in [-0.4, -0.2) is 29.3 Å². The van der Waals surface area contributed by atoms with E-state index in [0.29, 0.717) is 35.0 Å². The molecule has 0 aromatic heterocycles. The maximum atomic E-state index is 12.7. The number of unbranched alkanes of at least 4 members (excludes halogenated alkanes) is 1. The highest BCUT2D eigenvalue weighted by atomic mass is 35.5. The van der Waals surface area contributed by atoms with Gasteiger partial charge in [0.25, 0.3) is 0 Å². The van der Waals surface area contributed by atoms with Gasteiger partial charge in [-0.3, -0.25) is 9.59 Å². The van der Waals surface area contributed by atoms with Crippen LogP contribution in [0.3, 0.4) is 0 Å². The summed E-state index contributed by atoms with van der Waals surface area (Å²) < 4.78 is 0. The van der Waals surface area contributed by atoms with Crippen molar-refractivity contribution in [2.45, 2.75) is 65.5 Å². The van der Waals surface area contributed by atoms with E-state index in [1.807, 2.05) is 13.8 Å². The third-order valence-corrected chi connectivity index (χ3v) is 4.78. The van der Waals surface area contributed by atoms with Crippen LogP contribution in [0.1, 0.15) is 58.4 Å².